The molecule has 2 aromatic carbocycles. The van der Waals surface area contributed by atoms with E-state index in [9.17, 15) is 9.18 Å². The Labute approximate surface area is 176 Å². The van der Waals surface area contributed by atoms with Gasteiger partial charge < -0.3 is 10.2 Å². The van der Waals surface area contributed by atoms with Crippen LogP contribution in [0, 0.1) is 5.82 Å². The summed E-state index contributed by atoms with van der Waals surface area (Å²) in [5.41, 5.74) is 5.90. The number of nitrogens with one attached hydrogen (secondary N) is 1. The van der Waals surface area contributed by atoms with Gasteiger partial charge in [-0.2, -0.15) is 0 Å². The normalized spacial score (nSPS) is 14.4. The van der Waals surface area contributed by atoms with E-state index < -0.39 is 0 Å². The van der Waals surface area contributed by atoms with Crippen LogP contribution in [0.5, 0.6) is 0 Å². The lowest BCUT2D eigenvalue weighted by molar-refractivity contribution is -0.128. The number of likely N-dealkylation sites (N-methyl/N-ethyl adjacent to an activating group) is 2. The molecule has 1 amide bonds. The van der Waals surface area contributed by atoms with Gasteiger partial charge in [-0.1, -0.05) is 18.2 Å². The first-order chi connectivity index (χ1) is 13.9. The Morgan fingerprint density at radius 2 is 1.90 bits per heavy atom. The third kappa shape index (κ3) is 4.80. The predicted octanol–water partition coefficient (Wildman–Crippen LogP) is 4.94. The van der Waals surface area contributed by atoms with Crippen molar-refractivity contribution in [1.82, 2.24) is 10.2 Å². The molecule has 1 aliphatic carbocycles. The fourth-order valence-corrected chi connectivity index (χ4v) is 3.95. The smallest absolute Gasteiger partial charge is 0.226 e. The zero-order chi connectivity index (χ0) is 21.0. The number of halogens is 1. The van der Waals surface area contributed by atoms with Gasteiger partial charge in [-0.15, -0.1) is 11.8 Å². The maximum atomic E-state index is 14.0. The van der Waals surface area contributed by atoms with Crippen LogP contribution >= 0.6 is 11.8 Å². The Balaban J connectivity index is 1.97. The molecule has 1 N–H and O–H groups in total. The number of amides is 1. The average Bonchev–Trinajstić information content (AvgIpc) is 2.97. The van der Waals surface area contributed by atoms with Gasteiger partial charge in [-0.05, 0) is 84.0 Å². The van der Waals surface area contributed by atoms with Crippen LogP contribution in [0.15, 0.2) is 52.9 Å². The first kappa shape index (κ1) is 21.3. The Bertz CT molecular complexity index is 963. The minimum absolute atomic E-state index is 0.0374. The van der Waals surface area contributed by atoms with Crippen LogP contribution in [0.3, 0.4) is 0 Å². The van der Waals surface area contributed by atoms with Crippen LogP contribution < -0.4 is 5.32 Å². The van der Waals surface area contributed by atoms with E-state index in [1.54, 1.807) is 29.8 Å². The summed E-state index contributed by atoms with van der Waals surface area (Å²) in [6.45, 7) is 3.40. The lowest BCUT2D eigenvalue weighted by atomic mass is 10.0. The molecule has 0 fully saturated rings. The summed E-state index contributed by atoms with van der Waals surface area (Å²) in [6.07, 6.45) is 4.45. The number of hydrogen-bond acceptors (Lipinski definition) is 3. The Hall–Kier alpha value is -2.37. The number of hydrogen-bond donors (Lipinski definition) is 1. The molecule has 0 aromatic heterocycles. The van der Waals surface area contributed by atoms with Crippen LogP contribution in [0.4, 0.5) is 4.39 Å². The van der Waals surface area contributed by atoms with Crippen molar-refractivity contribution >= 4 is 34.9 Å². The molecule has 0 saturated heterocycles. The molecule has 29 heavy (non-hydrogen) atoms. The molecule has 3 rings (SSSR count). The van der Waals surface area contributed by atoms with Crippen LogP contribution in [0.1, 0.15) is 30.0 Å². The third-order valence-corrected chi connectivity index (χ3v) is 6.07. The molecule has 0 atom stereocenters. The molecule has 0 radical (unpaired) electrons. The van der Waals surface area contributed by atoms with Gasteiger partial charge >= 0.3 is 0 Å². The van der Waals surface area contributed by atoms with Crippen molar-refractivity contribution in [2.75, 3.05) is 33.4 Å². The van der Waals surface area contributed by atoms with Gasteiger partial charge in [0.05, 0.1) is 6.42 Å². The zero-order valence-electron chi connectivity index (χ0n) is 17.4. The van der Waals surface area contributed by atoms with Crippen LogP contribution in [0.25, 0.3) is 17.2 Å². The maximum Gasteiger partial charge on any atom is 0.226 e. The van der Waals surface area contributed by atoms with E-state index in [4.69, 9.17) is 0 Å². The van der Waals surface area contributed by atoms with Crippen molar-refractivity contribution in [3.8, 4) is 0 Å². The van der Waals surface area contributed by atoms with Crippen molar-refractivity contribution in [2.45, 2.75) is 18.2 Å². The highest BCUT2D eigenvalue weighted by molar-refractivity contribution is 7.98. The number of fused-ring (bicyclic) bond motifs is 1. The van der Waals surface area contributed by atoms with E-state index in [0.717, 1.165) is 40.0 Å². The Morgan fingerprint density at radius 3 is 2.55 bits per heavy atom. The molecule has 5 heteroatoms. The highest BCUT2D eigenvalue weighted by Gasteiger charge is 2.26. The first-order valence-electron chi connectivity index (χ1n) is 9.69. The molecule has 0 bridgehead atoms. The summed E-state index contributed by atoms with van der Waals surface area (Å²) in [5, 5.41) is 3.06. The third-order valence-electron chi connectivity index (χ3n) is 5.33. The van der Waals surface area contributed by atoms with Crippen LogP contribution in [0.2, 0.25) is 0 Å². The highest BCUT2D eigenvalue weighted by atomic mass is 32.2. The summed E-state index contributed by atoms with van der Waals surface area (Å²) in [4.78, 5) is 15.7. The molecular weight excluding hydrogens is 383 g/mol. The number of thioether (sulfide) groups is 1. The number of allylic oxidation sites excluding steroid dienone is 2. The molecule has 0 spiro atoms. The van der Waals surface area contributed by atoms with E-state index in [0.29, 0.717) is 6.54 Å². The molecule has 0 aliphatic heterocycles. The number of benzene rings is 2. The second kappa shape index (κ2) is 9.42. The average molecular weight is 411 g/mol. The molecule has 1 aliphatic rings. The summed E-state index contributed by atoms with van der Waals surface area (Å²) in [6, 6.07) is 13.2. The topological polar surface area (TPSA) is 32.3 Å². The van der Waals surface area contributed by atoms with E-state index in [-0.39, 0.29) is 18.1 Å². The molecule has 3 nitrogen and oxygen atoms in total. The second-order valence-corrected chi connectivity index (χ2v) is 8.10. The standard InChI is InChI=1S/C24H27FN2OS/c1-16-21(13-17-5-8-19(29-4)9-6-17)20-10-7-18(25)14-23(20)22(16)15-24(28)27(3)12-11-26-2/h5-10,13-14,26H,11-12,15H2,1-4H3/b21-13-. The lowest BCUT2D eigenvalue weighted by Crippen LogP contribution is -2.32. The minimum Gasteiger partial charge on any atom is -0.344 e. The molecule has 0 unspecified atom stereocenters. The number of rotatable bonds is 7. The van der Waals surface area contributed by atoms with Gasteiger partial charge in [0.25, 0.3) is 0 Å². The summed E-state index contributed by atoms with van der Waals surface area (Å²) < 4.78 is 14.0. The van der Waals surface area contributed by atoms with Crippen molar-refractivity contribution in [1.29, 1.82) is 0 Å². The SMILES string of the molecule is CNCCN(C)C(=O)CC1=C(C)/C(=C/c2ccc(SC)cc2)c2ccc(F)cc21. The fraction of sp³-hybridized carbons (Fsp3) is 0.292. The summed E-state index contributed by atoms with van der Waals surface area (Å²) >= 11 is 1.71. The van der Waals surface area contributed by atoms with Crippen molar-refractivity contribution < 1.29 is 9.18 Å². The highest BCUT2D eigenvalue weighted by Crippen LogP contribution is 2.44. The van der Waals surface area contributed by atoms with E-state index >= 15 is 0 Å². The number of nitrogens with zero attached hydrogens (tertiary/aromatic N) is 1. The molecular formula is C24H27FN2OS. The fourth-order valence-electron chi connectivity index (χ4n) is 3.54. The summed E-state index contributed by atoms with van der Waals surface area (Å²) in [5.74, 6) is -0.244. The van der Waals surface area contributed by atoms with Gasteiger partial charge in [-0.3, -0.25) is 4.79 Å². The largest absolute Gasteiger partial charge is 0.344 e. The Kier molecular flexibility index (Phi) is 6.93. The van der Waals surface area contributed by atoms with Gasteiger partial charge in [-0.25, -0.2) is 4.39 Å². The van der Waals surface area contributed by atoms with Crippen LogP contribution in [-0.4, -0.2) is 44.2 Å². The van der Waals surface area contributed by atoms with Gasteiger partial charge in [0.1, 0.15) is 5.82 Å². The van der Waals surface area contributed by atoms with Gasteiger partial charge in [0.2, 0.25) is 5.91 Å². The van der Waals surface area contributed by atoms with E-state index in [2.05, 4.69) is 41.9 Å². The second-order valence-electron chi connectivity index (χ2n) is 7.22. The monoisotopic (exact) mass is 410 g/mol. The van der Waals surface area contributed by atoms with Crippen molar-refractivity contribution in [3.63, 3.8) is 0 Å². The maximum absolute atomic E-state index is 14.0. The molecule has 0 heterocycles. The van der Waals surface area contributed by atoms with Crippen molar-refractivity contribution in [2.24, 2.45) is 0 Å². The molecule has 0 saturated carbocycles. The lowest BCUT2D eigenvalue weighted by Gasteiger charge is -2.18. The molecule has 2 aromatic rings. The zero-order valence-corrected chi connectivity index (χ0v) is 18.2. The van der Waals surface area contributed by atoms with E-state index in [1.807, 2.05) is 20.0 Å². The first-order valence-corrected chi connectivity index (χ1v) is 10.9. The Morgan fingerprint density at radius 1 is 1.17 bits per heavy atom. The van der Waals surface area contributed by atoms with Gasteiger partial charge in [0, 0.05) is 25.0 Å². The summed E-state index contributed by atoms with van der Waals surface area (Å²) in [7, 11) is 3.67. The van der Waals surface area contributed by atoms with Crippen LogP contribution in [-0.2, 0) is 4.79 Å². The van der Waals surface area contributed by atoms with E-state index in [1.165, 1.54) is 11.0 Å². The number of carbonyl (C=O) groups is 1. The van der Waals surface area contributed by atoms with Crippen molar-refractivity contribution in [3.05, 3.63) is 70.5 Å². The minimum atomic E-state index is -0.282. The van der Waals surface area contributed by atoms with Gasteiger partial charge in [0.15, 0.2) is 0 Å². The predicted molar refractivity (Wildman–Crippen MR) is 121 cm³/mol. The quantitative estimate of drug-likeness (QED) is 0.656. The molecule has 152 valence electrons. The number of carbonyl (C=O) groups excluding carboxylic acids is 1.